The van der Waals surface area contributed by atoms with Crippen LogP contribution in [-0.2, 0) is 0 Å². The van der Waals surface area contributed by atoms with E-state index in [4.69, 9.17) is 4.74 Å². The van der Waals surface area contributed by atoms with Crippen LogP contribution in [0.3, 0.4) is 0 Å². The van der Waals surface area contributed by atoms with Crippen molar-refractivity contribution in [3.63, 3.8) is 0 Å². The number of benzene rings is 1. The number of amides is 1. The molecular formula is C22H21FN4O2S. The van der Waals surface area contributed by atoms with Gasteiger partial charge in [0.05, 0.1) is 10.5 Å². The Morgan fingerprint density at radius 3 is 2.73 bits per heavy atom. The summed E-state index contributed by atoms with van der Waals surface area (Å²) in [6.07, 6.45) is 6.16. The minimum absolute atomic E-state index is 0.0948. The Hall–Kier alpha value is -2.87. The predicted octanol–water partition coefficient (Wildman–Crippen LogP) is 4.12. The van der Waals surface area contributed by atoms with Gasteiger partial charge in [0, 0.05) is 18.9 Å². The molecule has 1 saturated carbocycles. The molecule has 2 saturated heterocycles. The Morgan fingerprint density at radius 2 is 2.00 bits per heavy atom. The van der Waals surface area contributed by atoms with E-state index in [-0.39, 0.29) is 17.3 Å². The lowest BCUT2D eigenvalue weighted by atomic mass is 9.63. The fourth-order valence-corrected chi connectivity index (χ4v) is 5.38. The summed E-state index contributed by atoms with van der Waals surface area (Å²) in [7, 11) is 0. The number of halogens is 1. The van der Waals surface area contributed by atoms with Gasteiger partial charge in [-0.05, 0) is 62.4 Å². The first-order chi connectivity index (χ1) is 14.5. The average Bonchev–Trinajstić information content (AvgIpc) is 3.14. The number of aryl methyl sites for hydroxylation is 1. The SMILES string of the molecule is Cc1nc(C(=O)N2CCC3CC2(COc2ccc(F)cc2)C3)c(-c2ncccn2)s1. The number of hydrogen-bond acceptors (Lipinski definition) is 6. The molecule has 3 fully saturated rings. The highest BCUT2D eigenvalue weighted by atomic mass is 32.1. The van der Waals surface area contributed by atoms with Gasteiger partial charge in [-0.15, -0.1) is 11.3 Å². The van der Waals surface area contributed by atoms with Crippen LogP contribution in [-0.4, -0.2) is 44.4 Å². The van der Waals surface area contributed by atoms with Crippen molar-refractivity contribution in [2.75, 3.05) is 13.2 Å². The monoisotopic (exact) mass is 424 g/mol. The summed E-state index contributed by atoms with van der Waals surface area (Å²) in [6.45, 7) is 2.96. The van der Waals surface area contributed by atoms with Crippen LogP contribution >= 0.6 is 11.3 Å². The number of rotatable bonds is 5. The summed E-state index contributed by atoms with van der Waals surface area (Å²) in [5.41, 5.74) is 0.0657. The molecule has 6 nitrogen and oxygen atoms in total. The Bertz CT molecular complexity index is 1060. The van der Waals surface area contributed by atoms with E-state index in [0.29, 0.717) is 41.2 Å². The Balaban J connectivity index is 1.41. The van der Waals surface area contributed by atoms with Gasteiger partial charge in [-0.2, -0.15) is 0 Å². The zero-order valence-corrected chi connectivity index (χ0v) is 17.4. The summed E-state index contributed by atoms with van der Waals surface area (Å²) in [4.78, 5) is 29.4. The topological polar surface area (TPSA) is 68.2 Å². The van der Waals surface area contributed by atoms with Crippen molar-refractivity contribution in [2.45, 2.75) is 31.7 Å². The summed E-state index contributed by atoms with van der Waals surface area (Å²) in [5, 5.41) is 0.806. The molecule has 0 unspecified atom stereocenters. The number of fused-ring (bicyclic) bond motifs is 2. The van der Waals surface area contributed by atoms with Crippen LogP contribution in [0.25, 0.3) is 10.7 Å². The second kappa shape index (κ2) is 7.43. The van der Waals surface area contributed by atoms with Crippen LogP contribution in [0.15, 0.2) is 42.7 Å². The molecule has 3 aliphatic rings. The number of hydrogen-bond donors (Lipinski definition) is 0. The van der Waals surface area contributed by atoms with Crippen LogP contribution in [0.5, 0.6) is 5.75 Å². The number of piperidine rings is 2. The number of ether oxygens (including phenoxy) is 1. The molecule has 6 rings (SSSR count). The highest BCUT2D eigenvalue weighted by Gasteiger charge is 2.55. The molecule has 4 heterocycles. The molecular weight excluding hydrogens is 403 g/mol. The number of carbonyl (C=O) groups excluding carboxylic acids is 1. The van der Waals surface area contributed by atoms with Crippen molar-refractivity contribution >= 4 is 17.2 Å². The van der Waals surface area contributed by atoms with E-state index < -0.39 is 0 Å². The summed E-state index contributed by atoms with van der Waals surface area (Å²) < 4.78 is 19.2. The maximum Gasteiger partial charge on any atom is 0.274 e. The van der Waals surface area contributed by atoms with Gasteiger partial charge in [0.2, 0.25) is 0 Å². The van der Waals surface area contributed by atoms with E-state index in [1.54, 1.807) is 30.6 Å². The molecule has 1 aliphatic carbocycles. The lowest BCUT2D eigenvalue weighted by molar-refractivity contribution is -0.0798. The minimum atomic E-state index is -0.347. The van der Waals surface area contributed by atoms with Crippen LogP contribution in [0.2, 0.25) is 0 Å². The molecule has 8 heteroatoms. The predicted molar refractivity (Wildman–Crippen MR) is 111 cm³/mol. The smallest absolute Gasteiger partial charge is 0.274 e. The third-order valence-electron chi connectivity index (χ3n) is 5.94. The zero-order valence-electron chi connectivity index (χ0n) is 16.5. The van der Waals surface area contributed by atoms with Crippen LogP contribution in [0.1, 0.15) is 34.8 Å². The van der Waals surface area contributed by atoms with Crippen LogP contribution in [0.4, 0.5) is 4.39 Å². The van der Waals surface area contributed by atoms with Crippen molar-refractivity contribution in [2.24, 2.45) is 5.92 Å². The third-order valence-corrected chi connectivity index (χ3v) is 6.91. The third kappa shape index (κ3) is 3.35. The first kappa shape index (κ1) is 19.1. The number of nitrogens with zero attached hydrogens (tertiary/aromatic N) is 4. The van der Waals surface area contributed by atoms with E-state index >= 15 is 0 Å². The molecule has 1 aromatic carbocycles. The molecule has 0 atom stereocenters. The van der Waals surface area contributed by atoms with Crippen molar-refractivity contribution in [1.82, 2.24) is 19.9 Å². The van der Waals surface area contributed by atoms with Crippen molar-refractivity contribution < 1.29 is 13.9 Å². The summed E-state index contributed by atoms with van der Waals surface area (Å²) >= 11 is 1.43. The molecule has 0 N–H and O–H groups in total. The van der Waals surface area contributed by atoms with Crippen LogP contribution in [0, 0.1) is 18.7 Å². The highest BCUT2D eigenvalue weighted by molar-refractivity contribution is 7.15. The minimum Gasteiger partial charge on any atom is -0.491 e. The van der Waals surface area contributed by atoms with Gasteiger partial charge in [0.15, 0.2) is 11.5 Å². The Labute approximate surface area is 177 Å². The molecule has 3 aromatic rings. The first-order valence-electron chi connectivity index (χ1n) is 9.99. The fraction of sp³-hybridized carbons (Fsp3) is 0.364. The molecule has 1 amide bonds. The van der Waals surface area contributed by atoms with Gasteiger partial charge in [-0.3, -0.25) is 4.79 Å². The van der Waals surface area contributed by atoms with E-state index in [1.807, 2.05) is 11.8 Å². The first-order valence-corrected chi connectivity index (χ1v) is 10.8. The van der Waals surface area contributed by atoms with Gasteiger partial charge in [-0.1, -0.05) is 0 Å². The molecule has 154 valence electrons. The molecule has 0 radical (unpaired) electrons. The second-order valence-electron chi connectivity index (χ2n) is 7.97. The highest BCUT2D eigenvalue weighted by Crippen LogP contribution is 2.49. The lowest BCUT2D eigenvalue weighted by Crippen LogP contribution is -2.67. The second-order valence-corrected chi connectivity index (χ2v) is 9.17. The normalized spacial score (nSPS) is 22.5. The molecule has 2 aromatic heterocycles. The number of carbonyl (C=O) groups is 1. The maximum atomic E-state index is 13.6. The fourth-order valence-electron chi connectivity index (χ4n) is 4.52. The largest absolute Gasteiger partial charge is 0.491 e. The maximum absolute atomic E-state index is 13.6. The van der Waals surface area contributed by atoms with Crippen LogP contribution < -0.4 is 4.74 Å². The standard InChI is InChI=1S/C22H21FN4O2S/c1-14-26-18(19(30-14)20-24-8-2-9-25-20)21(28)27-10-7-15-11-22(27,12-15)13-29-17-5-3-16(23)4-6-17/h2-6,8-9,15H,7,10-13H2,1H3. The van der Waals surface area contributed by atoms with Gasteiger partial charge in [-0.25, -0.2) is 19.3 Å². The van der Waals surface area contributed by atoms with Gasteiger partial charge in [0.1, 0.15) is 23.1 Å². The molecule has 2 bridgehead atoms. The quantitative estimate of drug-likeness (QED) is 0.616. The van der Waals surface area contributed by atoms with Gasteiger partial charge in [0.25, 0.3) is 5.91 Å². The number of thiazole rings is 1. The van der Waals surface area contributed by atoms with Crippen molar-refractivity contribution in [3.8, 4) is 16.5 Å². The molecule has 0 spiro atoms. The van der Waals surface area contributed by atoms with E-state index in [9.17, 15) is 9.18 Å². The van der Waals surface area contributed by atoms with E-state index in [1.165, 1.54) is 23.5 Å². The van der Waals surface area contributed by atoms with Crippen molar-refractivity contribution in [3.05, 3.63) is 59.2 Å². The van der Waals surface area contributed by atoms with E-state index in [0.717, 1.165) is 24.3 Å². The lowest BCUT2D eigenvalue weighted by Gasteiger charge is -2.58. The Morgan fingerprint density at radius 1 is 1.27 bits per heavy atom. The Kier molecular flexibility index (Phi) is 4.73. The zero-order chi connectivity index (χ0) is 20.7. The van der Waals surface area contributed by atoms with Crippen molar-refractivity contribution in [1.29, 1.82) is 0 Å². The molecule has 2 aliphatic heterocycles. The van der Waals surface area contributed by atoms with Gasteiger partial charge >= 0.3 is 0 Å². The average molecular weight is 425 g/mol. The van der Waals surface area contributed by atoms with Gasteiger partial charge < -0.3 is 9.64 Å². The van der Waals surface area contributed by atoms with E-state index in [2.05, 4.69) is 15.0 Å². The summed E-state index contributed by atoms with van der Waals surface area (Å²) in [5.74, 6) is 1.36. The number of aromatic nitrogens is 3. The molecule has 30 heavy (non-hydrogen) atoms. The summed E-state index contributed by atoms with van der Waals surface area (Å²) in [6, 6.07) is 7.74.